The normalized spacial score (nSPS) is 12.2. The van der Waals surface area contributed by atoms with Gasteiger partial charge in [0.25, 0.3) is 0 Å². The van der Waals surface area contributed by atoms with E-state index in [-0.39, 0.29) is 18.6 Å². The summed E-state index contributed by atoms with van der Waals surface area (Å²) in [5.41, 5.74) is 7.86. The van der Waals surface area contributed by atoms with Crippen LogP contribution in [0.1, 0.15) is 22.8 Å². The zero-order valence-electron chi connectivity index (χ0n) is 13.3. The Bertz CT molecular complexity index is 1080. The second kappa shape index (κ2) is 6.24. The van der Waals surface area contributed by atoms with Gasteiger partial charge in [-0.05, 0) is 72.8 Å². The Balaban J connectivity index is 0.00000157. The number of aromatic amines is 2. The van der Waals surface area contributed by atoms with Gasteiger partial charge in [0.1, 0.15) is 0 Å². The van der Waals surface area contributed by atoms with Crippen LogP contribution >= 0.6 is 0 Å². The van der Waals surface area contributed by atoms with E-state index in [2.05, 4.69) is 50.3 Å². The van der Waals surface area contributed by atoms with Crippen LogP contribution < -0.4 is 0 Å². The second-order valence-electron chi connectivity index (χ2n) is 5.91. The Hall–Kier alpha value is -2.82. The van der Waals surface area contributed by atoms with Gasteiger partial charge in [-0.25, -0.2) is 9.97 Å². The van der Waals surface area contributed by atoms with Gasteiger partial charge < -0.3 is 9.97 Å². The molecule has 0 aromatic carbocycles. The Kier molecular flexibility index (Phi) is 3.92. The maximum absolute atomic E-state index is 4.62. The SMILES string of the molecule is C1=Cc2cc3ccc(cc4ccc(cc5nc(cc1n2)C=C5)[nH]4)[nH]3.[V+4]. The molecular formula is C20H14N4V+4. The first-order valence-corrected chi connectivity index (χ1v) is 7.85. The van der Waals surface area contributed by atoms with Crippen molar-refractivity contribution in [2.24, 2.45) is 0 Å². The first-order valence-electron chi connectivity index (χ1n) is 7.85. The molecule has 0 aliphatic carbocycles. The summed E-state index contributed by atoms with van der Waals surface area (Å²) in [5.74, 6) is 0. The van der Waals surface area contributed by atoms with Gasteiger partial charge in [-0.1, -0.05) is 0 Å². The van der Waals surface area contributed by atoms with Crippen molar-refractivity contribution in [3.63, 3.8) is 0 Å². The van der Waals surface area contributed by atoms with E-state index in [1.165, 1.54) is 0 Å². The summed E-state index contributed by atoms with van der Waals surface area (Å²) in [6.45, 7) is 0. The monoisotopic (exact) mass is 361 g/mol. The van der Waals surface area contributed by atoms with E-state index in [4.69, 9.17) is 0 Å². The molecule has 0 fully saturated rings. The number of rotatable bonds is 0. The summed E-state index contributed by atoms with van der Waals surface area (Å²) in [7, 11) is 0. The van der Waals surface area contributed by atoms with Gasteiger partial charge in [0.2, 0.25) is 0 Å². The van der Waals surface area contributed by atoms with Crippen LogP contribution in [0, 0.1) is 0 Å². The molecule has 2 aliphatic heterocycles. The largest absolute Gasteiger partial charge is 4.00 e. The van der Waals surface area contributed by atoms with Crippen LogP contribution in [-0.4, -0.2) is 19.9 Å². The minimum absolute atomic E-state index is 0. The van der Waals surface area contributed by atoms with Crippen molar-refractivity contribution in [3.8, 4) is 0 Å². The molecule has 0 saturated carbocycles. The number of hydrogen-bond acceptors (Lipinski definition) is 2. The molecular weight excluding hydrogens is 347 g/mol. The number of nitrogens with one attached hydrogen (secondary N) is 2. The number of fused-ring (bicyclic) bond motifs is 8. The van der Waals surface area contributed by atoms with Crippen LogP contribution in [0.25, 0.3) is 46.4 Å². The van der Waals surface area contributed by atoms with E-state index < -0.39 is 0 Å². The zero-order valence-corrected chi connectivity index (χ0v) is 14.7. The van der Waals surface area contributed by atoms with Crippen LogP contribution in [0.5, 0.6) is 0 Å². The van der Waals surface area contributed by atoms with Gasteiger partial charge in [0.05, 0.1) is 22.8 Å². The molecule has 3 aromatic rings. The first-order chi connectivity index (χ1) is 11.8. The first kappa shape index (κ1) is 15.7. The van der Waals surface area contributed by atoms with Gasteiger partial charge in [-0.15, -0.1) is 0 Å². The molecule has 5 rings (SSSR count). The fourth-order valence-electron chi connectivity index (χ4n) is 2.94. The maximum Gasteiger partial charge on any atom is 4.00 e. The van der Waals surface area contributed by atoms with Crippen LogP contribution in [0.4, 0.5) is 0 Å². The van der Waals surface area contributed by atoms with Crippen molar-refractivity contribution in [2.45, 2.75) is 0 Å². The number of hydrogen-bond donors (Lipinski definition) is 2. The van der Waals surface area contributed by atoms with Crippen molar-refractivity contribution in [2.75, 3.05) is 0 Å². The van der Waals surface area contributed by atoms with Crippen molar-refractivity contribution >= 4 is 46.4 Å². The average molecular weight is 361 g/mol. The van der Waals surface area contributed by atoms with Gasteiger partial charge in [0, 0.05) is 22.1 Å². The van der Waals surface area contributed by atoms with Crippen LogP contribution in [0.15, 0.2) is 48.5 Å². The summed E-state index contributed by atoms with van der Waals surface area (Å²) in [5, 5.41) is 0. The molecule has 5 heterocycles. The van der Waals surface area contributed by atoms with Crippen LogP contribution in [-0.2, 0) is 18.6 Å². The molecule has 3 aromatic heterocycles. The minimum Gasteiger partial charge on any atom is -0.355 e. The van der Waals surface area contributed by atoms with E-state index in [9.17, 15) is 0 Å². The van der Waals surface area contributed by atoms with Gasteiger partial charge in [0.15, 0.2) is 0 Å². The smallest absolute Gasteiger partial charge is 0.355 e. The van der Waals surface area contributed by atoms with Crippen molar-refractivity contribution in [1.29, 1.82) is 0 Å². The van der Waals surface area contributed by atoms with Crippen LogP contribution in [0.2, 0.25) is 0 Å². The van der Waals surface area contributed by atoms with Crippen LogP contribution in [0.3, 0.4) is 0 Å². The molecule has 2 N–H and O–H groups in total. The third-order valence-electron chi connectivity index (χ3n) is 4.04. The fourth-order valence-corrected chi connectivity index (χ4v) is 2.94. The summed E-state index contributed by atoms with van der Waals surface area (Å²) in [4.78, 5) is 16.0. The molecule has 0 spiro atoms. The van der Waals surface area contributed by atoms with Crippen molar-refractivity contribution < 1.29 is 18.6 Å². The van der Waals surface area contributed by atoms with E-state index in [0.717, 1.165) is 44.8 Å². The van der Waals surface area contributed by atoms with E-state index >= 15 is 0 Å². The quantitative estimate of drug-likeness (QED) is 0.422. The molecule has 115 valence electrons. The minimum atomic E-state index is 0. The predicted molar refractivity (Wildman–Crippen MR) is 98.9 cm³/mol. The average Bonchev–Trinajstić information content (AvgIpc) is 3.32. The maximum atomic E-state index is 4.62. The predicted octanol–water partition coefficient (Wildman–Crippen LogP) is 4.65. The Morgan fingerprint density at radius 3 is 1.28 bits per heavy atom. The molecule has 25 heavy (non-hydrogen) atoms. The summed E-state index contributed by atoms with van der Waals surface area (Å²) in [6, 6.07) is 16.4. The van der Waals surface area contributed by atoms with E-state index in [1.807, 2.05) is 42.5 Å². The molecule has 0 unspecified atom stereocenters. The van der Waals surface area contributed by atoms with Crippen molar-refractivity contribution in [1.82, 2.24) is 19.9 Å². The summed E-state index contributed by atoms with van der Waals surface area (Å²) < 4.78 is 0. The molecule has 0 atom stereocenters. The summed E-state index contributed by atoms with van der Waals surface area (Å²) >= 11 is 0. The zero-order chi connectivity index (χ0) is 15.9. The number of nitrogens with zero attached hydrogens (tertiary/aromatic N) is 2. The third-order valence-corrected chi connectivity index (χ3v) is 4.04. The molecule has 0 amide bonds. The van der Waals surface area contributed by atoms with Gasteiger partial charge in [-0.2, -0.15) is 0 Å². The molecule has 0 saturated heterocycles. The Morgan fingerprint density at radius 2 is 0.840 bits per heavy atom. The van der Waals surface area contributed by atoms with E-state index in [0.29, 0.717) is 0 Å². The molecule has 8 bridgehead atoms. The van der Waals surface area contributed by atoms with E-state index in [1.54, 1.807) is 0 Å². The standard InChI is InChI=1S/C20H14N4.V/c1-2-14-10-16-5-6-18(23-16)12-20-8-7-19(24-20)11-17-4-3-15(22-17)9-13(1)21-14;/h1-12,21-22H;/q;+4. The summed E-state index contributed by atoms with van der Waals surface area (Å²) in [6.07, 6.45) is 8.05. The molecule has 5 heteroatoms. The number of aromatic nitrogens is 4. The molecule has 4 nitrogen and oxygen atoms in total. The Morgan fingerprint density at radius 1 is 0.480 bits per heavy atom. The van der Waals surface area contributed by atoms with Gasteiger partial charge in [-0.3, -0.25) is 0 Å². The topological polar surface area (TPSA) is 57.4 Å². The van der Waals surface area contributed by atoms with Crippen molar-refractivity contribution in [3.05, 3.63) is 71.3 Å². The fraction of sp³-hybridized carbons (Fsp3) is 0. The molecule has 1 radical (unpaired) electrons. The Labute approximate surface area is 156 Å². The number of H-pyrrole nitrogens is 2. The third kappa shape index (κ3) is 3.22. The second-order valence-corrected chi connectivity index (χ2v) is 5.91. The molecule has 2 aliphatic rings. The van der Waals surface area contributed by atoms with Gasteiger partial charge >= 0.3 is 18.6 Å².